The van der Waals surface area contributed by atoms with Crippen molar-refractivity contribution in [2.24, 2.45) is 0 Å². The minimum absolute atomic E-state index is 0.326. The lowest BCUT2D eigenvalue weighted by Crippen LogP contribution is -2.01. The molecule has 0 amide bonds. The molecule has 0 aliphatic heterocycles. The van der Waals surface area contributed by atoms with Gasteiger partial charge in [-0.2, -0.15) is 0 Å². The Morgan fingerprint density at radius 1 is 1.00 bits per heavy atom. The lowest BCUT2D eigenvalue weighted by molar-refractivity contribution is 0.626. The summed E-state index contributed by atoms with van der Waals surface area (Å²) < 4.78 is 13.1. The number of nitrogens with one attached hydrogen (secondary N) is 1. The molecule has 0 heterocycles. The average Bonchev–Trinajstić information content (AvgIpc) is 2.35. The maximum absolute atomic E-state index is 13.1. The highest BCUT2D eigenvalue weighted by Crippen LogP contribution is 2.30. The predicted molar refractivity (Wildman–Crippen MR) is 75.2 cm³/mol. The van der Waals surface area contributed by atoms with Gasteiger partial charge in [-0.05, 0) is 35.9 Å². The van der Waals surface area contributed by atoms with E-state index in [1.165, 1.54) is 18.2 Å². The average molecular weight is 305 g/mol. The Morgan fingerprint density at radius 2 is 1.78 bits per heavy atom. The van der Waals surface area contributed by atoms with Gasteiger partial charge in [0.1, 0.15) is 5.82 Å². The third-order valence-electron chi connectivity index (χ3n) is 2.43. The smallest absolute Gasteiger partial charge is 0.123 e. The van der Waals surface area contributed by atoms with Gasteiger partial charge in [0.25, 0.3) is 0 Å². The quantitative estimate of drug-likeness (QED) is 0.800. The zero-order valence-electron chi connectivity index (χ0n) is 9.18. The highest BCUT2D eigenvalue weighted by atomic mass is 35.5. The van der Waals surface area contributed by atoms with Crippen LogP contribution < -0.4 is 5.32 Å². The van der Waals surface area contributed by atoms with Crippen LogP contribution in [0.25, 0.3) is 0 Å². The van der Waals surface area contributed by atoms with Crippen LogP contribution in [0.2, 0.25) is 15.1 Å². The minimum Gasteiger partial charge on any atom is -0.380 e. The first-order valence-corrected chi connectivity index (χ1v) is 6.33. The van der Waals surface area contributed by atoms with Gasteiger partial charge in [0.2, 0.25) is 0 Å². The number of rotatable bonds is 3. The highest BCUT2D eigenvalue weighted by molar-refractivity contribution is 6.43. The first-order chi connectivity index (χ1) is 8.58. The van der Waals surface area contributed by atoms with Crippen LogP contribution in [-0.2, 0) is 6.54 Å². The Kier molecular flexibility index (Phi) is 4.33. The zero-order chi connectivity index (χ0) is 13.1. The van der Waals surface area contributed by atoms with Crippen LogP contribution in [-0.4, -0.2) is 0 Å². The van der Waals surface area contributed by atoms with Gasteiger partial charge in [-0.3, -0.25) is 0 Å². The van der Waals surface area contributed by atoms with Gasteiger partial charge in [-0.15, -0.1) is 0 Å². The summed E-state index contributed by atoms with van der Waals surface area (Å²) in [7, 11) is 0. The van der Waals surface area contributed by atoms with E-state index in [1.807, 2.05) is 0 Å². The van der Waals surface area contributed by atoms with Gasteiger partial charge < -0.3 is 5.32 Å². The third-order valence-corrected chi connectivity index (χ3v) is 3.62. The summed E-state index contributed by atoms with van der Waals surface area (Å²) in [6.07, 6.45) is 0. The second kappa shape index (κ2) is 5.79. The van der Waals surface area contributed by atoms with E-state index in [-0.39, 0.29) is 5.82 Å². The van der Waals surface area contributed by atoms with Crippen LogP contribution in [0.4, 0.5) is 10.1 Å². The predicted octanol–water partition coefficient (Wildman–Crippen LogP) is 5.40. The largest absolute Gasteiger partial charge is 0.380 e. The van der Waals surface area contributed by atoms with Crippen molar-refractivity contribution in [1.29, 1.82) is 0 Å². The molecule has 94 valence electrons. The van der Waals surface area contributed by atoms with Crippen LogP contribution in [0.5, 0.6) is 0 Å². The van der Waals surface area contributed by atoms with E-state index in [0.29, 0.717) is 32.9 Å². The fourth-order valence-corrected chi connectivity index (χ4v) is 2.06. The summed E-state index contributed by atoms with van der Waals surface area (Å²) in [4.78, 5) is 0. The molecule has 1 N–H and O–H groups in total. The van der Waals surface area contributed by atoms with Crippen molar-refractivity contribution in [2.75, 3.05) is 5.32 Å². The molecule has 0 atom stereocenters. The van der Waals surface area contributed by atoms with Crippen molar-refractivity contribution < 1.29 is 4.39 Å². The van der Waals surface area contributed by atoms with Gasteiger partial charge in [-0.1, -0.05) is 40.9 Å². The van der Waals surface area contributed by atoms with Gasteiger partial charge in [0, 0.05) is 11.6 Å². The number of hydrogen-bond acceptors (Lipinski definition) is 1. The second-order valence-corrected chi connectivity index (χ2v) is 4.88. The summed E-state index contributed by atoms with van der Waals surface area (Å²) in [6, 6.07) is 9.49. The van der Waals surface area contributed by atoms with E-state index in [2.05, 4.69) is 5.32 Å². The van der Waals surface area contributed by atoms with Crippen LogP contribution >= 0.6 is 34.8 Å². The topological polar surface area (TPSA) is 12.0 Å². The Balaban J connectivity index is 2.16. The number of hydrogen-bond donors (Lipinski definition) is 1. The molecular weight excluding hydrogens is 296 g/mol. The Labute approximate surface area is 119 Å². The van der Waals surface area contributed by atoms with Gasteiger partial charge in [-0.25, -0.2) is 4.39 Å². The second-order valence-electron chi connectivity index (χ2n) is 3.69. The molecule has 2 rings (SSSR count). The fraction of sp³-hybridized carbons (Fsp3) is 0.0769. The first-order valence-electron chi connectivity index (χ1n) is 5.20. The first kappa shape index (κ1) is 13.5. The van der Waals surface area contributed by atoms with Gasteiger partial charge in [0.05, 0.1) is 15.7 Å². The summed E-state index contributed by atoms with van der Waals surface area (Å²) >= 11 is 17.9. The van der Waals surface area contributed by atoms with Crippen molar-refractivity contribution >= 4 is 40.5 Å². The molecule has 1 nitrogen and oxygen atoms in total. The van der Waals surface area contributed by atoms with E-state index in [0.717, 1.165) is 0 Å². The number of benzene rings is 2. The molecule has 0 fully saturated rings. The summed E-state index contributed by atoms with van der Waals surface area (Å²) in [5, 5.41) is 4.47. The molecule has 2 aromatic rings. The van der Waals surface area contributed by atoms with E-state index in [1.54, 1.807) is 18.2 Å². The molecule has 5 heteroatoms. The molecule has 2 aromatic carbocycles. The summed E-state index contributed by atoms with van der Waals surface area (Å²) in [5.41, 5.74) is 1.34. The Bertz CT molecular complexity index is 570. The molecule has 0 saturated carbocycles. The SMILES string of the molecule is Fc1ccc(Cl)c(CNc2cccc(Cl)c2Cl)c1. The molecule has 18 heavy (non-hydrogen) atoms. The fourth-order valence-electron chi connectivity index (χ4n) is 1.51. The van der Waals surface area contributed by atoms with E-state index >= 15 is 0 Å². The van der Waals surface area contributed by atoms with Crippen molar-refractivity contribution in [2.45, 2.75) is 6.54 Å². The third kappa shape index (κ3) is 3.08. The van der Waals surface area contributed by atoms with Gasteiger partial charge >= 0.3 is 0 Å². The van der Waals surface area contributed by atoms with E-state index in [9.17, 15) is 4.39 Å². The highest BCUT2D eigenvalue weighted by Gasteiger charge is 2.06. The zero-order valence-corrected chi connectivity index (χ0v) is 11.5. The molecule has 0 spiro atoms. The molecule has 0 aliphatic carbocycles. The van der Waals surface area contributed by atoms with Crippen molar-refractivity contribution in [3.05, 3.63) is 62.8 Å². The van der Waals surface area contributed by atoms with E-state index < -0.39 is 0 Å². The van der Waals surface area contributed by atoms with Crippen molar-refractivity contribution in [3.8, 4) is 0 Å². The summed E-state index contributed by atoms with van der Waals surface area (Å²) in [6.45, 7) is 0.372. The normalized spacial score (nSPS) is 10.4. The molecular formula is C13H9Cl3FN. The monoisotopic (exact) mass is 303 g/mol. The minimum atomic E-state index is -0.326. The Morgan fingerprint density at radius 3 is 2.56 bits per heavy atom. The summed E-state index contributed by atoms with van der Waals surface area (Å²) in [5.74, 6) is -0.326. The lowest BCUT2D eigenvalue weighted by Gasteiger charge is -2.10. The molecule has 0 saturated heterocycles. The molecule has 0 unspecified atom stereocenters. The maximum Gasteiger partial charge on any atom is 0.123 e. The molecule has 0 aliphatic rings. The number of anilines is 1. The number of halogens is 4. The van der Waals surface area contributed by atoms with E-state index in [4.69, 9.17) is 34.8 Å². The maximum atomic E-state index is 13.1. The van der Waals surface area contributed by atoms with Crippen molar-refractivity contribution in [1.82, 2.24) is 0 Å². The van der Waals surface area contributed by atoms with Gasteiger partial charge in [0.15, 0.2) is 0 Å². The van der Waals surface area contributed by atoms with Crippen LogP contribution in [0.15, 0.2) is 36.4 Å². The molecule has 0 aromatic heterocycles. The van der Waals surface area contributed by atoms with Crippen LogP contribution in [0.1, 0.15) is 5.56 Å². The van der Waals surface area contributed by atoms with Crippen LogP contribution in [0.3, 0.4) is 0 Å². The van der Waals surface area contributed by atoms with Crippen LogP contribution in [0, 0.1) is 5.82 Å². The molecule has 0 bridgehead atoms. The van der Waals surface area contributed by atoms with Crippen molar-refractivity contribution in [3.63, 3.8) is 0 Å². The lowest BCUT2D eigenvalue weighted by atomic mass is 10.2. The standard InChI is InChI=1S/C13H9Cl3FN/c14-10-5-4-9(17)6-8(10)7-18-12-3-1-2-11(15)13(12)16/h1-6,18H,7H2. The molecule has 0 radical (unpaired) electrons. The Hall–Kier alpha value is -0.960.